The van der Waals surface area contributed by atoms with Crippen LogP contribution in [0.2, 0.25) is 0 Å². The number of carbonyl (C=O) groups excluding carboxylic acids is 2. The van der Waals surface area contributed by atoms with E-state index < -0.39 is 0 Å². The van der Waals surface area contributed by atoms with Gasteiger partial charge in [-0.15, -0.1) is 0 Å². The number of rotatable bonds is 6. The van der Waals surface area contributed by atoms with Gasteiger partial charge in [0.05, 0.1) is 0 Å². The van der Waals surface area contributed by atoms with Gasteiger partial charge in [-0.25, -0.2) is 0 Å². The highest BCUT2D eigenvalue weighted by Crippen LogP contribution is 2.16. The second kappa shape index (κ2) is 8.10. The third kappa shape index (κ3) is 4.55. The Morgan fingerprint density at radius 3 is 2.42 bits per heavy atom. The Balaban J connectivity index is 2.08. The standard InChI is InChI=1S/C18H22N4O2/c1-4-10-20-17(23)13-9-11-19-16(12-13)18(24)21-14-5-7-15(8-6-14)22(2)3/h5-9,11-12H,4,10H2,1-3H3,(H,20,23)(H,21,24). The van der Waals surface area contributed by atoms with Crippen LogP contribution in [0.5, 0.6) is 0 Å². The van der Waals surface area contributed by atoms with Crippen LogP contribution in [-0.2, 0) is 0 Å². The van der Waals surface area contributed by atoms with Crippen molar-refractivity contribution in [2.45, 2.75) is 13.3 Å². The molecule has 0 saturated carbocycles. The topological polar surface area (TPSA) is 74.3 Å². The normalized spacial score (nSPS) is 10.1. The smallest absolute Gasteiger partial charge is 0.274 e. The predicted molar refractivity (Wildman–Crippen MR) is 95.6 cm³/mol. The Bertz CT molecular complexity index is 711. The maximum absolute atomic E-state index is 12.3. The van der Waals surface area contributed by atoms with E-state index in [1.165, 1.54) is 12.3 Å². The quantitative estimate of drug-likeness (QED) is 0.855. The van der Waals surface area contributed by atoms with E-state index in [0.717, 1.165) is 12.1 Å². The molecule has 0 aliphatic heterocycles. The molecule has 2 N–H and O–H groups in total. The lowest BCUT2D eigenvalue weighted by atomic mass is 10.2. The zero-order chi connectivity index (χ0) is 17.5. The van der Waals surface area contributed by atoms with Gasteiger partial charge in [-0.1, -0.05) is 6.92 Å². The summed E-state index contributed by atoms with van der Waals surface area (Å²) in [6, 6.07) is 10.6. The van der Waals surface area contributed by atoms with Gasteiger partial charge in [-0.3, -0.25) is 14.6 Å². The van der Waals surface area contributed by atoms with E-state index in [4.69, 9.17) is 0 Å². The molecule has 0 bridgehead atoms. The maximum atomic E-state index is 12.3. The minimum atomic E-state index is -0.349. The summed E-state index contributed by atoms with van der Waals surface area (Å²) in [5.41, 5.74) is 2.34. The first kappa shape index (κ1) is 17.5. The lowest BCUT2D eigenvalue weighted by molar-refractivity contribution is 0.0953. The van der Waals surface area contributed by atoms with Gasteiger partial charge in [0.25, 0.3) is 11.8 Å². The lowest BCUT2D eigenvalue weighted by Gasteiger charge is -2.13. The fraction of sp³-hybridized carbons (Fsp3) is 0.278. The average molecular weight is 326 g/mol. The summed E-state index contributed by atoms with van der Waals surface area (Å²) >= 11 is 0. The predicted octanol–water partition coefficient (Wildman–Crippen LogP) is 2.54. The van der Waals surface area contributed by atoms with E-state index in [1.54, 1.807) is 6.07 Å². The summed E-state index contributed by atoms with van der Waals surface area (Å²) < 4.78 is 0. The van der Waals surface area contributed by atoms with E-state index in [1.807, 2.05) is 50.2 Å². The molecule has 126 valence electrons. The van der Waals surface area contributed by atoms with Crippen LogP contribution < -0.4 is 15.5 Å². The molecule has 0 unspecified atom stereocenters. The summed E-state index contributed by atoms with van der Waals surface area (Å²) in [6.45, 7) is 2.58. The van der Waals surface area contributed by atoms with E-state index in [9.17, 15) is 9.59 Å². The van der Waals surface area contributed by atoms with Crippen molar-refractivity contribution in [2.24, 2.45) is 0 Å². The number of amides is 2. The number of benzene rings is 1. The van der Waals surface area contributed by atoms with Crippen LogP contribution in [0, 0.1) is 0 Å². The highest BCUT2D eigenvalue weighted by molar-refractivity contribution is 6.04. The highest BCUT2D eigenvalue weighted by Gasteiger charge is 2.12. The molecule has 0 aliphatic carbocycles. The molecule has 0 aliphatic rings. The van der Waals surface area contributed by atoms with Gasteiger partial charge in [0.2, 0.25) is 0 Å². The van der Waals surface area contributed by atoms with E-state index in [2.05, 4.69) is 15.6 Å². The number of aromatic nitrogens is 1. The number of nitrogens with one attached hydrogen (secondary N) is 2. The van der Waals surface area contributed by atoms with Crippen molar-refractivity contribution in [1.29, 1.82) is 0 Å². The molecule has 0 fully saturated rings. The van der Waals surface area contributed by atoms with Crippen LogP contribution in [0.25, 0.3) is 0 Å². The molecule has 1 aromatic heterocycles. The number of anilines is 2. The zero-order valence-electron chi connectivity index (χ0n) is 14.2. The molecule has 0 radical (unpaired) electrons. The first-order chi connectivity index (χ1) is 11.5. The van der Waals surface area contributed by atoms with Gasteiger partial charge in [0.15, 0.2) is 0 Å². The van der Waals surface area contributed by atoms with Crippen molar-refractivity contribution in [1.82, 2.24) is 10.3 Å². The van der Waals surface area contributed by atoms with Gasteiger partial charge >= 0.3 is 0 Å². The first-order valence-electron chi connectivity index (χ1n) is 7.84. The highest BCUT2D eigenvalue weighted by atomic mass is 16.2. The molecule has 1 aromatic carbocycles. The Kier molecular flexibility index (Phi) is 5.89. The maximum Gasteiger partial charge on any atom is 0.274 e. The van der Waals surface area contributed by atoms with Crippen molar-refractivity contribution in [3.8, 4) is 0 Å². The monoisotopic (exact) mass is 326 g/mol. The van der Waals surface area contributed by atoms with Crippen molar-refractivity contribution >= 4 is 23.2 Å². The molecular formula is C18H22N4O2. The summed E-state index contributed by atoms with van der Waals surface area (Å²) in [5, 5.41) is 5.56. The second-order valence-electron chi connectivity index (χ2n) is 5.58. The van der Waals surface area contributed by atoms with Gasteiger partial charge in [-0.05, 0) is 42.8 Å². The van der Waals surface area contributed by atoms with Crippen LogP contribution in [0.1, 0.15) is 34.2 Å². The molecule has 2 aromatic rings. The second-order valence-corrected chi connectivity index (χ2v) is 5.58. The fourth-order valence-electron chi connectivity index (χ4n) is 2.07. The Morgan fingerprint density at radius 2 is 1.79 bits per heavy atom. The third-order valence-corrected chi connectivity index (χ3v) is 3.43. The fourth-order valence-corrected chi connectivity index (χ4v) is 2.07. The molecular weight excluding hydrogens is 304 g/mol. The van der Waals surface area contributed by atoms with Gasteiger partial charge in [0, 0.05) is 43.8 Å². The van der Waals surface area contributed by atoms with Crippen LogP contribution in [-0.4, -0.2) is 37.4 Å². The van der Waals surface area contributed by atoms with Gasteiger partial charge in [0.1, 0.15) is 5.69 Å². The Morgan fingerprint density at radius 1 is 1.08 bits per heavy atom. The molecule has 0 spiro atoms. The molecule has 6 nitrogen and oxygen atoms in total. The number of pyridine rings is 1. The Labute approximate surface area is 141 Å². The van der Waals surface area contributed by atoms with Gasteiger partial charge in [-0.2, -0.15) is 0 Å². The number of nitrogens with zero attached hydrogens (tertiary/aromatic N) is 2. The lowest BCUT2D eigenvalue weighted by Crippen LogP contribution is -2.24. The van der Waals surface area contributed by atoms with Crippen molar-refractivity contribution in [3.05, 3.63) is 53.9 Å². The minimum absolute atomic E-state index is 0.204. The molecule has 0 saturated heterocycles. The summed E-state index contributed by atoms with van der Waals surface area (Å²) in [7, 11) is 3.90. The van der Waals surface area contributed by atoms with Crippen LogP contribution in [0.15, 0.2) is 42.6 Å². The van der Waals surface area contributed by atoms with E-state index in [-0.39, 0.29) is 17.5 Å². The average Bonchev–Trinajstić information content (AvgIpc) is 2.60. The first-order valence-corrected chi connectivity index (χ1v) is 7.84. The van der Waals surface area contributed by atoms with Crippen molar-refractivity contribution < 1.29 is 9.59 Å². The van der Waals surface area contributed by atoms with Gasteiger partial charge < -0.3 is 15.5 Å². The SMILES string of the molecule is CCCNC(=O)c1ccnc(C(=O)Nc2ccc(N(C)C)cc2)c1. The molecule has 1 heterocycles. The van der Waals surface area contributed by atoms with Crippen molar-refractivity contribution in [3.63, 3.8) is 0 Å². The number of hydrogen-bond acceptors (Lipinski definition) is 4. The summed E-state index contributed by atoms with van der Waals surface area (Å²) in [6.07, 6.45) is 2.32. The van der Waals surface area contributed by atoms with Crippen LogP contribution in [0.3, 0.4) is 0 Å². The molecule has 2 amide bonds. The van der Waals surface area contributed by atoms with Crippen molar-refractivity contribution in [2.75, 3.05) is 30.9 Å². The van der Waals surface area contributed by atoms with E-state index >= 15 is 0 Å². The molecule has 24 heavy (non-hydrogen) atoms. The minimum Gasteiger partial charge on any atom is -0.378 e. The molecule has 0 atom stereocenters. The molecule has 2 rings (SSSR count). The largest absolute Gasteiger partial charge is 0.378 e. The summed E-state index contributed by atoms with van der Waals surface area (Å²) in [4.78, 5) is 30.3. The number of hydrogen-bond donors (Lipinski definition) is 2. The zero-order valence-corrected chi connectivity index (χ0v) is 14.2. The van der Waals surface area contributed by atoms with Crippen LogP contribution >= 0.6 is 0 Å². The Hall–Kier alpha value is -2.89. The molecule has 6 heteroatoms. The third-order valence-electron chi connectivity index (χ3n) is 3.43. The number of carbonyl (C=O) groups is 2. The van der Waals surface area contributed by atoms with E-state index in [0.29, 0.717) is 17.8 Å². The summed E-state index contributed by atoms with van der Waals surface area (Å²) in [5.74, 6) is -0.554. The van der Waals surface area contributed by atoms with Crippen LogP contribution in [0.4, 0.5) is 11.4 Å².